The van der Waals surface area contributed by atoms with Crippen molar-refractivity contribution < 1.29 is 13.2 Å². The lowest BCUT2D eigenvalue weighted by Crippen LogP contribution is -2.45. The molecule has 1 aromatic carbocycles. The van der Waals surface area contributed by atoms with Gasteiger partial charge in [0, 0.05) is 45.8 Å². The summed E-state index contributed by atoms with van der Waals surface area (Å²) >= 11 is 0. The van der Waals surface area contributed by atoms with E-state index in [1.54, 1.807) is 7.05 Å². The van der Waals surface area contributed by atoms with Gasteiger partial charge in [-0.1, -0.05) is 31.2 Å². The normalized spacial score (nSPS) is 24.2. The van der Waals surface area contributed by atoms with E-state index in [1.807, 2.05) is 6.07 Å². The molecule has 168 valence electrons. The summed E-state index contributed by atoms with van der Waals surface area (Å²) in [5.41, 5.74) is 2.54. The third-order valence-corrected chi connectivity index (χ3v) is 5.94. The highest BCUT2D eigenvalue weighted by molar-refractivity contribution is 5.80. The van der Waals surface area contributed by atoms with E-state index >= 15 is 0 Å². The third kappa shape index (κ3) is 7.16. The topological polar surface area (TPSA) is 42.9 Å². The average Bonchev–Trinajstić information content (AvgIpc) is 3.11. The molecule has 8 heteroatoms. The van der Waals surface area contributed by atoms with Gasteiger partial charge in [0.25, 0.3) is 0 Å². The Hall–Kier alpha value is -1.80. The van der Waals surface area contributed by atoms with Crippen LogP contribution in [0.5, 0.6) is 0 Å². The first-order valence-electron chi connectivity index (χ1n) is 10.9. The van der Waals surface area contributed by atoms with Gasteiger partial charge < -0.3 is 10.6 Å². The van der Waals surface area contributed by atoms with Crippen LogP contribution < -0.4 is 10.6 Å². The molecule has 2 fully saturated rings. The number of nitrogens with zero attached hydrogens (tertiary/aromatic N) is 3. The summed E-state index contributed by atoms with van der Waals surface area (Å²) in [5.74, 6) is 1.38. The molecule has 0 radical (unpaired) electrons. The lowest BCUT2D eigenvalue weighted by molar-refractivity contribution is -0.143. The molecule has 2 atom stereocenters. The SMILES string of the molecule is CN=C(NCc1ccccc1CN1CCCC(C)C1)NC1CCN(CC(F)(F)F)C1. The number of alkyl halides is 3. The van der Waals surface area contributed by atoms with Crippen LogP contribution in [0.25, 0.3) is 0 Å². The van der Waals surface area contributed by atoms with E-state index in [-0.39, 0.29) is 6.04 Å². The van der Waals surface area contributed by atoms with E-state index < -0.39 is 12.7 Å². The summed E-state index contributed by atoms with van der Waals surface area (Å²) in [6, 6.07) is 8.40. The Balaban J connectivity index is 1.51. The number of rotatable bonds is 6. The van der Waals surface area contributed by atoms with Gasteiger partial charge >= 0.3 is 6.18 Å². The number of benzene rings is 1. The molecular formula is C22H34F3N5. The van der Waals surface area contributed by atoms with Gasteiger partial charge in [-0.05, 0) is 42.9 Å². The zero-order chi connectivity index (χ0) is 21.6. The maximum atomic E-state index is 12.6. The Labute approximate surface area is 177 Å². The van der Waals surface area contributed by atoms with Crippen LogP contribution in [-0.2, 0) is 13.1 Å². The Morgan fingerprint density at radius 1 is 1.10 bits per heavy atom. The van der Waals surface area contributed by atoms with E-state index in [0.717, 1.165) is 25.6 Å². The molecule has 2 saturated heterocycles. The summed E-state index contributed by atoms with van der Waals surface area (Å²) in [6.45, 7) is 6.16. The van der Waals surface area contributed by atoms with Crippen LogP contribution >= 0.6 is 0 Å². The van der Waals surface area contributed by atoms with Gasteiger partial charge in [-0.15, -0.1) is 0 Å². The van der Waals surface area contributed by atoms with Crippen molar-refractivity contribution in [1.29, 1.82) is 0 Å². The molecule has 0 amide bonds. The van der Waals surface area contributed by atoms with Crippen LogP contribution in [0, 0.1) is 5.92 Å². The quantitative estimate of drug-likeness (QED) is 0.543. The number of guanidine groups is 1. The minimum absolute atomic E-state index is 0.0244. The Bertz CT molecular complexity index is 706. The van der Waals surface area contributed by atoms with Gasteiger partial charge in [-0.3, -0.25) is 14.8 Å². The summed E-state index contributed by atoms with van der Waals surface area (Å²) < 4.78 is 37.8. The summed E-state index contributed by atoms with van der Waals surface area (Å²) in [5, 5.41) is 6.62. The van der Waals surface area contributed by atoms with Crippen LogP contribution in [-0.4, -0.2) is 67.7 Å². The van der Waals surface area contributed by atoms with Crippen LogP contribution in [0.1, 0.15) is 37.3 Å². The van der Waals surface area contributed by atoms with Gasteiger partial charge in [-0.2, -0.15) is 13.2 Å². The molecule has 1 aromatic rings. The van der Waals surface area contributed by atoms with Crippen molar-refractivity contribution in [2.75, 3.05) is 39.8 Å². The molecule has 2 aliphatic heterocycles. The highest BCUT2D eigenvalue weighted by Gasteiger charge is 2.34. The van der Waals surface area contributed by atoms with E-state index in [0.29, 0.717) is 32.0 Å². The largest absolute Gasteiger partial charge is 0.401 e. The lowest BCUT2D eigenvalue weighted by Gasteiger charge is -2.31. The molecule has 0 spiro atoms. The highest BCUT2D eigenvalue weighted by Crippen LogP contribution is 2.21. The van der Waals surface area contributed by atoms with Crippen molar-refractivity contribution in [2.45, 2.75) is 51.5 Å². The third-order valence-electron chi connectivity index (χ3n) is 5.94. The molecule has 0 saturated carbocycles. The molecule has 2 unspecified atom stereocenters. The van der Waals surface area contributed by atoms with Gasteiger partial charge in [0.05, 0.1) is 6.54 Å². The summed E-state index contributed by atoms with van der Waals surface area (Å²) in [4.78, 5) is 8.23. The standard InChI is InChI=1S/C22H34F3N5/c1-17-6-5-10-29(13-17)14-19-8-4-3-7-18(19)12-27-21(26-2)28-20-9-11-30(15-20)16-22(23,24)25/h3-4,7-8,17,20H,5-6,9-16H2,1-2H3,(H2,26,27,28). The Morgan fingerprint density at radius 2 is 1.87 bits per heavy atom. The maximum Gasteiger partial charge on any atom is 0.401 e. The lowest BCUT2D eigenvalue weighted by atomic mass is 9.99. The number of hydrogen-bond donors (Lipinski definition) is 2. The number of nitrogens with one attached hydrogen (secondary N) is 2. The molecule has 5 nitrogen and oxygen atoms in total. The molecule has 2 N–H and O–H groups in total. The maximum absolute atomic E-state index is 12.6. The molecule has 30 heavy (non-hydrogen) atoms. The second-order valence-corrected chi connectivity index (χ2v) is 8.66. The van der Waals surface area contributed by atoms with E-state index in [4.69, 9.17) is 0 Å². The van der Waals surface area contributed by atoms with E-state index in [1.165, 1.54) is 28.9 Å². The summed E-state index contributed by atoms with van der Waals surface area (Å²) in [7, 11) is 1.69. The fourth-order valence-electron chi connectivity index (χ4n) is 4.47. The van der Waals surface area contributed by atoms with Crippen molar-refractivity contribution >= 4 is 5.96 Å². The number of piperidine rings is 1. The Kier molecular flexibility index (Phi) is 7.99. The van der Waals surface area contributed by atoms with Gasteiger partial charge in [0.2, 0.25) is 0 Å². The molecule has 3 rings (SSSR count). The first-order valence-corrected chi connectivity index (χ1v) is 10.9. The fraction of sp³-hybridized carbons (Fsp3) is 0.682. The molecular weight excluding hydrogens is 391 g/mol. The Morgan fingerprint density at radius 3 is 2.57 bits per heavy atom. The van der Waals surface area contributed by atoms with Crippen LogP contribution in [0.3, 0.4) is 0 Å². The average molecular weight is 426 g/mol. The first-order chi connectivity index (χ1) is 14.3. The summed E-state index contributed by atoms with van der Waals surface area (Å²) in [6.07, 6.45) is -0.903. The molecule has 0 aromatic heterocycles. The van der Waals surface area contributed by atoms with Crippen molar-refractivity contribution in [1.82, 2.24) is 20.4 Å². The van der Waals surface area contributed by atoms with Gasteiger partial charge in [-0.25, -0.2) is 0 Å². The zero-order valence-electron chi connectivity index (χ0n) is 18.0. The van der Waals surface area contributed by atoms with Crippen molar-refractivity contribution in [3.8, 4) is 0 Å². The molecule has 2 aliphatic rings. The smallest absolute Gasteiger partial charge is 0.352 e. The monoisotopic (exact) mass is 425 g/mol. The number of likely N-dealkylation sites (tertiary alicyclic amines) is 2. The van der Waals surface area contributed by atoms with Crippen LogP contribution in [0.15, 0.2) is 29.3 Å². The van der Waals surface area contributed by atoms with Crippen LogP contribution in [0.2, 0.25) is 0 Å². The van der Waals surface area contributed by atoms with Crippen molar-refractivity contribution in [3.63, 3.8) is 0 Å². The van der Waals surface area contributed by atoms with Gasteiger partial charge in [0.15, 0.2) is 5.96 Å². The molecule has 0 aliphatic carbocycles. The van der Waals surface area contributed by atoms with Crippen LogP contribution in [0.4, 0.5) is 13.2 Å². The predicted octanol–water partition coefficient (Wildman–Crippen LogP) is 3.22. The minimum atomic E-state index is -4.15. The minimum Gasteiger partial charge on any atom is -0.352 e. The van der Waals surface area contributed by atoms with Gasteiger partial charge in [0.1, 0.15) is 0 Å². The van der Waals surface area contributed by atoms with E-state index in [9.17, 15) is 13.2 Å². The second kappa shape index (κ2) is 10.5. The fourth-order valence-corrected chi connectivity index (χ4v) is 4.47. The number of aliphatic imine (C=N–C) groups is 1. The van der Waals surface area contributed by atoms with Crippen molar-refractivity contribution in [2.24, 2.45) is 10.9 Å². The molecule has 2 heterocycles. The molecule has 0 bridgehead atoms. The first kappa shape index (κ1) is 22.9. The second-order valence-electron chi connectivity index (χ2n) is 8.66. The zero-order valence-corrected chi connectivity index (χ0v) is 18.0. The predicted molar refractivity (Wildman–Crippen MR) is 114 cm³/mol. The highest BCUT2D eigenvalue weighted by atomic mass is 19.4. The number of halogens is 3. The number of hydrogen-bond acceptors (Lipinski definition) is 3. The van der Waals surface area contributed by atoms with E-state index in [2.05, 4.69) is 45.6 Å². The van der Waals surface area contributed by atoms with Crippen molar-refractivity contribution in [3.05, 3.63) is 35.4 Å².